The van der Waals surface area contributed by atoms with Gasteiger partial charge >= 0.3 is 0 Å². The zero-order valence-electron chi connectivity index (χ0n) is 17.3. The maximum absolute atomic E-state index is 11.0. The highest BCUT2D eigenvalue weighted by Gasteiger charge is 2.27. The van der Waals surface area contributed by atoms with Crippen molar-refractivity contribution in [3.8, 4) is 0 Å². The van der Waals surface area contributed by atoms with E-state index in [1.54, 1.807) is 6.92 Å². The lowest BCUT2D eigenvalue weighted by Gasteiger charge is -2.29. The number of allylic oxidation sites excluding steroid dienone is 1. The number of Topliss-reactive ketones (excluding diaryl/α,β-unsaturated/α-hetero) is 1. The molecule has 3 unspecified atom stereocenters. The molecule has 5 nitrogen and oxygen atoms in total. The molecule has 1 aliphatic heterocycles. The second kappa shape index (κ2) is 10.1. The molecule has 0 amide bonds. The molecule has 0 radical (unpaired) electrons. The summed E-state index contributed by atoms with van der Waals surface area (Å²) >= 11 is 0. The Morgan fingerprint density at radius 2 is 1.86 bits per heavy atom. The fourth-order valence-electron chi connectivity index (χ4n) is 3.75. The van der Waals surface area contributed by atoms with E-state index in [0.717, 1.165) is 49.1 Å². The molecule has 3 atom stereocenters. The molecule has 0 bridgehead atoms. The molecule has 0 spiro atoms. The quantitative estimate of drug-likeness (QED) is 0.630. The van der Waals surface area contributed by atoms with Gasteiger partial charge in [0.05, 0.1) is 24.5 Å². The third-order valence-electron chi connectivity index (χ3n) is 5.47. The van der Waals surface area contributed by atoms with E-state index in [1.165, 1.54) is 5.56 Å². The number of aryl methyl sites for hydroxylation is 1. The first-order chi connectivity index (χ1) is 13.5. The summed E-state index contributed by atoms with van der Waals surface area (Å²) in [6, 6.07) is 8.39. The van der Waals surface area contributed by atoms with Crippen molar-refractivity contribution in [2.45, 2.75) is 77.7 Å². The van der Waals surface area contributed by atoms with Crippen LogP contribution in [0.1, 0.15) is 69.7 Å². The third-order valence-corrected chi connectivity index (χ3v) is 5.47. The van der Waals surface area contributed by atoms with Crippen molar-refractivity contribution in [2.24, 2.45) is 0 Å². The van der Waals surface area contributed by atoms with Gasteiger partial charge in [0.15, 0.2) is 6.23 Å². The van der Waals surface area contributed by atoms with Crippen LogP contribution in [0.5, 0.6) is 0 Å². The zero-order valence-corrected chi connectivity index (χ0v) is 17.3. The SMILES string of the molecule is CC(=O)CCCOC1CCCC(OCC2=C(C)OC(c3ccc(C)cc3)N2)C1. The zero-order chi connectivity index (χ0) is 19.9. The minimum atomic E-state index is -0.136. The van der Waals surface area contributed by atoms with E-state index in [2.05, 4.69) is 36.5 Å². The highest BCUT2D eigenvalue weighted by Crippen LogP contribution is 2.29. The summed E-state index contributed by atoms with van der Waals surface area (Å²) in [5.74, 6) is 1.13. The highest BCUT2D eigenvalue weighted by atomic mass is 16.5. The highest BCUT2D eigenvalue weighted by molar-refractivity contribution is 5.75. The smallest absolute Gasteiger partial charge is 0.195 e. The molecule has 2 aliphatic rings. The maximum Gasteiger partial charge on any atom is 0.195 e. The van der Waals surface area contributed by atoms with E-state index in [9.17, 15) is 4.79 Å². The molecule has 1 fully saturated rings. The van der Waals surface area contributed by atoms with Crippen molar-refractivity contribution >= 4 is 5.78 Å². The van der Waals surface area contributed by atoms with E-state index in [0.29, 0.717) is 19.6 Å². The molecule has 5 heteroatoms. The van der Waals surface area contributed by atoms with Crippen LogP contribution in [0.3, 0.4) is 0 Å². The number of rotatable bonds is 9. The molecule has 3 rings (SSSR count). The van der Waals surface area contributed by atoms with E-state index in [4.69, 9.17) is 14.2 Å². The van der Waals surface area contributed by atoms with Gasteiger partial charge in [-0.1, -0.05) is 29.8 Å². The molecule has 1 saturated carbocycles. The third kappa shape index (κ3) is 6.08. The predicted molar refractivity (Wildman–Crippen MR) is 109 cm³/mol. The average molecular weight is 388 g/mol. The van der Waals surface area contributed by atoms with Crippen LogP contribution in [0.4, 0.5) is 0 Å². The summed E-state index contributed by atoms with van der Waals surface area (Å²) in [7, 11) is 0. The first-order valence-corrected chi connectivity index (χ1v) is 10.4. The van der Waals surface area contributed by atoms with Crippen LogP contribution >= 0.6 is 0 Å². The molecule has 1 aromatic carbocycles. The lowest BCUT2D eigenvalue weighted by molar-refractivity contribution is -0.117. The van der Waals surface area contributed by atoms with Crippen LogP contribution in [0.2, 0.25) is 0 Å². The van der Waals surface area contributed by atoms with Gasteiger partial charge in [-0.05, 0) is 52.9 Å². The minimum absolute atomic E-state index is 0.136. The van der Waals surface area contributed by atoms with Crippen LogP contribution in [0.25, 0.3) is 0 Å². The number of nitrogens with one attached hydrogen (secondary N) is 1. The fourth-order valence-corrected chi connectivity index (χ4v) is 3.75. The predicted octanol–water partition coefficient (Wildman–Crippen LogP) is 4.56. The maximum atomic E-state index is 11.0. The second-order valence-electron chi connectivity index (χ2n) is 7.99. The van der Waals surface area contributed by atoms with E-state index in [1.807, 2.05) is 6.92 Å². The second-order valence-corrected chi connectivity index (χ2v) is 7.99. The van der Waals surface area contributed by atoms with Crippen molar-refractivity contribution in [1.29, 1.82) is 0 Å². The van der Waals surface area contributed by atoms with Gasteiger partial charge in [0.25, 0.3) is 0 Å². The summed E-state index contributed by atoms with van der Waals surface area (Å²) in [4.78, 5) is 11.0. The van der Waals surface area contributed by atoms with Gasteiger partial charge in [-0.3, -0.25) is 0 Å². The Bertz CT molecular complexity index is 682. The summed E-state index contributed by atoms with van der Waals surface area (Å²) < 4.78 is 18.1. The van der Waals surface area contributed by atoms with Crippen molar-refractivity contribution < 1.29 is 19.0 Å². The van der Waals surface area contributed by atoms with E-state index < -0.39 is 0 Å². The standard InChI is InChI=1S/C23H33NO4/c1-16-9-11-19(12-10-16)23-24-22(18(3)28-23)15-27-21-8-4-7-20(14-21)26-13-5-6-17(2)25/h9-12,20-21,23-24H,4-8,13-15H2,1-3H3. The molecule has 0 saturated heterocycles. The van der Waals surface area contributed by atoms with E-state index >= 15 is 0 Å². The molecule has 28 heavy (non-hydrogen) atoms. The van der Waals surface area contributed by atoms with Crippen LogP contribution in [0, 0.1) is 6.92 Å². The lowest BCUT2D eigenvalue weighted by Crippen LogP contribution is -2.30. The Kier molecular flexibility index (Phi) is 7.51. The molecular weight excluding hydrogens is 354 g/mol. The molecule has 1 N–H and O–H groups in total. The van der Waals surface area contributed by atoms with Crippen molar-refractivity contribution in [2.75, 3.05) is 13.2 Å². The number of hydrogen-bond donors (Lipinski definition) is 1. The van der Waals surface area contributed by atoms with Gasteiger partial charge in [-0.2, -0.15) is 0 Å². The Balaban J connectivity index is 1.41. The summed E-state index contributed by atoms with van der Waals surface area (Å²) in [6.07, 6.45) is 5.94. The fraction of sp³-hybridized carbons (Fsp3) is 0.609. The molecule has 154 valence electrons. The van der Waals surface area contributed by atoms with Crippen molar-refractivity contribution in [1.82, 2.24) is 5.32 Å². The molecule has 1 aliphatic carbocycles. The largest absolute Gasteiger partial charge is 0.469 e. The number of carbonyl (C=O) groups excluding carboxylic acids is 1. The van der Waals surface area contributed by atoms with Gasteiger partial charge in [0.2, 0.25) is 0 Å². The van der Waals surface area contributed by atoms with Gasteiger partial charge in [0.1, 0.15) is 11.5 Å². The Labute approximate surface area is 168 Å². The van der Waals surface area contributed by atoms with Crippen LogP contribution in [0.15, 0.2) is 35.7 Å². The number of hydrogen-bond acceptors (Lipinski definition) is 5. The number of carbonyl (C=O) groups is 1. The van der Waals surface area contributed by atoms with Crippen molar-refractivity contribution in [3.63, 3.8) is 0 Å². The summed E-state index contributed by atoms with van der Waals surface area (Å²) in [5, 5.41) is 3.45. The molecule has 1 heterocycles. The number of ether oxygens (including phenoxy) is 3. The van der Waals surface area contributed by atoms with Crippen LogP contribution < -0.4 is 5.32 Å². The average Bonchev–Trinajstić information content (AvgIpc) is 3.05. The minimum Gasteiger partial charge on any atom is -0.469 e. The van der Waals surface area contributed by atoms with E-state index in [-0.39, 0.29) is 24.2 Å². The molecule has 0 aromatic heterocycles. The summed E-state index contributed by atoms with van der Waals surface area (Å²) in [6.45, 7) is 6.90. The Morgan fingerprint density at radius 1 is 1.14 bits per heavy atom. The monoisotopic (exact) mass is 387 g/mol. The first kappa shape index (κ1) is 20.9. The van der Waals surface area contributed by atoms with Crippen LogP contribution in [-0.2, 0) is 19.0 Å². The topological polar surface area (TPSA) is 56.8 Å². The van der Waals surface area contributed by atoms with Gasteiger partial charge in [0, 0.05) is 18.6 Å². The molecule has 1 aromatic rings. The van der Waals surface area contributed by atoms with Crippen molar-refractivity contribution in [3.05, 3.63) is 46.8 Å². The number of ketones is 1. The van der Waals surface area contributed by atoms with Crippen LogP contribution in [-0.4, -0.2) is 31.2 Å². The summed E-state index contributed by atoms with van der Waals surface area (Å²) in [5.41, 5.74) is 3.39. The molecular formula is C23H33NO4. The first-order valence-electron chi connectivity index (χ1n) is 10.4. The van der Waals surface area contributed by atoms with Gasteiger partial charge < -0.3 is 24.3 Å². The normalized spacial score (nSPS) is 24.8. The Hall–Kier alpha value is -1.85. The van der Waals surface area contributed by atoms with Gasteiger partial charge in [-0.15, -0.1) is 0 Å². The lowest BCUT2D eigenvalue weighted by atomic mass is 9.95. The Morgan fingerprint density at radius 3 is 2.57 bits per heavy atom. The van der Waals surface area contributed by atoms with Gasteiger partial charge in [-0.25, -0.2) is 0 Å². The number of benzene rings is 1.